The number of aromatic nitrogens is 1. The number of hydrogen-bond acceptors (Lipinski definition) is 3. The zero-order valence-electron chi connectivity index (χ0n) is 11.6. The van der Waals surface area contributed by atoms with E-state index in [9.17, 15) is 9.18 Å². The molecule has 19 heavy (non-hydrogen) atoms. The van der Waals surface area contributed by atoms with E-state index >= 15 is 0 Å². The Morgan fingerprint density at radius 2 is 2.21 bits per heavy atom. The Balaban J connectivity index is 1.85. The summed E-state index contributed by atoms with van der Waals surface area (Å²) in [5.41, 5.74) is 0.358. The maximum Gasteiger partial charge on any atom is 0.182 e. The van der Waals surface area contributed by atoms with Gasteiger partial charge < -0.3 is 4.90 Å². The van der Waals surface area contributed by atoms with E-state index < -0.39 is 5.82 Å². The fourth-order valence-electron chi connectivity index (χ4n) is 2.11. The topological polar surface area (TPSA) is 33.2 Å². The molecule has 104 valence electrons. The molecule has 1 fully saturated rings. The van der Waals surface area contributed by atoms with Crippen LogP contribution in [0.3, 0.4) is 0 Å². The van der Waals surface area contributed by atoms with Crippen LogP contribution in [0.25, 0.3) is 0 Å². The Morgan fingerprint density at radius 3 is 2.74 bits per heavy atom. The zero-order chi connectivity index (χ0) is 13.8. The van der Waals surface area contributed by atoms with Gasteiger partial charge in [-0.05, 0) is 44.7 Å². The quantitative estimate of drug-likeness (QED) is 0.710. The average molecular weight is 264 g/mol. The highest BCUT2D eigenvalue weighted by molar-refractivity contribution is 5.94. The molecule has 0 N–H and O–H groups in total. The number of carbonyl (C=O) groups excluding carboxylic acids is 1. The van der Waals surface area contributed by atoms with E-state index in [2.05, 4.69) is 23.7 Å². The largest absolute Gasteiger partial charge is 0.300 e. The SMILES string of the molecule is CC(C)N(CCC(=O)c1ccc(F)cn1)CC1CC1. The highest BCUT2D eigenvalue weighted by Crippen LogP contribution is 2.30. The average Bonchev–Trinajstić information content (AvgIpc) is 3.18. The van der Waals surface area contributed by atoms with Crippen LogP contribution in [0.4, 0.5) is 4.39 Å². The molecule has 1 aromatic heterocycles. The number of ketones is 1. The summed E-state index contributed by atoms with van der Waals surface area (Å²) in [5, 5.41) is 0. The van der Waals surface area contributed by atoms with Crippen molar-refractivity contribution in [1.29, 1.82) is 0 Å². The molecule has 0 aromatic carbocycles. The number of nitrogens with zero attached hydrogens (tertiary/aromatic N) is 2. The van der Waals surface area contributed by atoms with Crippen LogP contribution < -0.4 is 0 Å². The van der Waals surface area contributed by atoms with Crippen molar-refractivity contribution in [1.82, 2.24) is 9.88 Å². The molecule has 1 heterocycles. The molecule has 0 saturated heterocycles. The maximum absolute atomic E-state index is 12.7. The van der Waals surface area contributed by atoms with Crippen molar-refractivity contribution in [3.05, 3.63) is 29.8 Å². The Hall–Kier alpha value is -1.29. The first-order chi connectivity index (χ1) is 9.06. The minimum absolute atomic E-state index is 0.0125. The predicted molar refractivity (Wildman–Crippen MR) is 72.6 cm³/mol. The van der Waals surface area contributed by atoms with Gasteiger partial charge in [-0.3, -0.25) is 9.78 Å². The van der Waals surface area contributed by atoms with E-state index in [1.165, 1.54) is 25.0 Å². The number of rotatable bonds is 7. The first-order valence-electron chi connectivity index (χ1n) is 6.95. The van der Waals surface area contributed by atoms with Gasteiger partial charge in [0.2, 0.25) is 0 Å². The Kier molecular flexibility index (Phi) is 4.64. The summed E-state index contributed by atoms with van der Waals surface area (Å²) in [6.07, 6.45) is 4.18. The second-order valence-corrected chi connectivity index (χ2v) is 5.57. The lowest BCUT2D eigenvalue weighted by Crippen LogP contribution is -2.34. The van der Waals surface area contributed by atoms with Crippen molar-refractivity contribution < 1.29 is 9.18 Å². The second-order valence-electron chi connectivity index (χ2n) is 5.57. The fraction of sp³-hybridized carbons (Fsp3) is 0.600. The molecule has 2 rings (SSSR count). The second kappa shape index (κ2) is 6.24. The summed E-state index contributed by atoms with van der Waals surface area (Å²) in [7, 11) is 0. The van der Waals surface area contributed by atoms with Gasteiger partial charge in [-0.25, -0.2) is 4.39 Å². The summed E-state index contributed by atoms with van der Waals surface area (Å²) >= 11 is 0. The van der Waals surface area contributed by atoms with Gasteiger partial charge in [0.25, 0.3) is 0 Å². The van der Waals surface area contributed by atoms with E-state index in [4.69, 9.17) is 0 Å². The summed E-state index contributed by atoms with van der Waals surface area (Å²) < 4.78 is 12.7. The molecule has 0 radical (unpaired) electrons. The molecule has 1 saturated carbocycles. The molecule has 0 bridgehead atoms. The van der Waals surface area contributed by atoms with Gasteiger partial charge in [-0.1, -0.05) is 0 Å². The van der Waals surface area contributed by atoms with Crippen molar-refractivity contribution >= 4 is 5.78 Å². The Labute approximate surface area is 113 Å². The van der Waals surface area contributed by atoms with Gasteiger partial charge in [0.05, 0.1) is 6.20 Å². The van der Waals surface area contributed by atoms with E-state index in [0.717, 1.165) is 25.2 Å². The molecule has 1 aliphatic carbocycles. The summed E-state index contributed by atoms with van der Waals surface area (Å²) in [5.74, 6) is 0.400. The highest BCUT2D eigenvalue weighted by atomic mass is 19.1. The molecule has 3 nitrogen and oxygen atoms in total. The van der Waals surface area contributed by atoms with E-state index in [0.29, 0.717) is 18.2 Å². The number of hydrogen-bond donors (Lipinski definition) is 0. The van der Waals surface area contributed by atoms with Crippen LogP contribution in [0.15, 0.2) is 18.3 Å². The number of Topliss-reactive ketones (excluding diaryl/α,β-unsaturated/α-hetero) is 1. The summed E-state index contributed by atoms with van der Waals surface area (Å²) in [4.78, 5) is 18.2. The normalized spacial score (nSPS) is 15.2. The van der Waals surface area contributed by atoms with Crippen LogP contribution in [-0.4, -0.2) is 34.8 Å². The van der Waals surface area contributed by atoms with Crippen molar-refractivity contribution in [2.45, 2.75) is 39.2 Å². The van der Waals surface area contributed by atoms with Crippen molar-refractivity contribution in [3.63, 3.8) is 0 Å². The lowest BCUT2D eigenvalue weighted by molar-refractivity contribution is 0.0948. The van der Waals surface area contributed by atoms with Gasteiger partial charge in [0.1, 0.15) is 11.5 Å². The molecular weight excluding hydrogens is 243 g/mol. The van der Waals surface area contributed by atoms with Crippen LogP contribution in [0, 0.1) is 11.7 Å². The number of pyridine rings is 1. The number of carbonyl (C=O) groups is 1. The van der Waals surface area contributed by atoms with E-state index in [1.54, 1.807) is 0 Å². The number of halogens is 1. The van der Waals surface area contributed by atoms with Gasteiger partial charge >= 0.3 is 0 Å². The van der Waals surface area contributed by atoms with Crippen LogP contribution in [0.1, 0.15) is 43.6 Å². The molecule has 4 heteroatoms. The molecule has 1 aromatic rings. The van der Waals surface area contributed by atoms with Gasteiger partial charge in [0, 0.05) is 25.6 Å². The molecule has 0 amide bonds. The fourth-order valence-corrected chi connectivity index (χ4v) is 2.11. The third-order valence-corrected chi connectivity index (χ3v) is 3.56. The smallest absolute Gasteiger partial charge is 0.182 e. The third kappa shape index (κ3) is 4.39. The first kappa shape index (κ1) is 14.1. The van der Waals surface area contributed by atoms with Crippen LogP contribution >= 0.6 is 0 Å². The van der Waals surface area contributed by atoms with Gasteiger partial charge in [-0.15, -0.1) is 0 Å². The lowest BCUT2D eigenvalue weighted by atomic mass is 10.1. The molecule has 0 aliphatic heterocycles. The van der Waals surface area contributed by atoms with E-state index in [1.807, 2.05) is 0 Å². The first-order valence-corrected chi connectivity index (χ1v) is 6.95. The van der Waals surface area contributed by atoms with Crippen LogP contribution in [0.2, 0.25) is 0 Å². The van der Waals surface area contributed by atoms with Crippen molar-refractivity contribution in [3.8, 4) is 0 Å². The predicted octanol–water partition coefficient (Wildman–Crippen LogP) is 2.91. The van der Waals surface area contributed by atoms with Crippen LogP contribution in [-0.2, 0) is 0 Å². The third-order valence-electron chi connectivity index (χ3n) is 3.56. The zero-order valence-corrected chi connectivity index (χ0v) is 11.6. The molecule has 0 atom stereocenters. The summed E-state index contributed by atoms with van der Waals surface area (Å²) in [6, 6.07) is 3.19. The molecule has 0 unspecified atom stereocenters. The molecule has 0 spiro atoms. The lowest BCUT2D eigenvalue weighted by Gasteiger charge is -2.26. The minimum atomic E-state index is -0.408. The van der Waals surface area contributed by atoms with Crippen molar-refractivity contribution in [2.75, 3.05) is 13.1 Å². The Bertz CT molecular complexity index is 426. The van der Waals surface area contributed by atoms with Crippen LogP contribution in [0.5, 0.6) is 0 Å². The van der Waals surface area contributed by atoms with Gasteiger partial charge in [0.15, 0.2) is 5.78 Å². The van der Waals surface area contributed by atoms with Crippen molar-refractivity contribution in [2.24, 2.45) is 5.92 Å². The highest BCUT2D eigenvalue weighted by Gasteiger charge is 2.25. The summed E-state index contributed by atoms with van der Waals surface area (Å²) in [6.45, 7) is 6.15. The maximum atomic E-state index is 12.7. The standard InChI is InChI=1S/C15H21FN2O/c1-11(2)18(10-12-3-4-12)8-7-15(19)14-6-5-13(16)9-17-14/h5-6,9,11-12H,3-4,7-8,10H2,1-2H3. The Morgan fingerprint density at radius 1 is 1.47 bits per heavy atom. The monoisotopic (exact) mass is 264 g/mol. The minimum Gasteiger partial charge on any atom is -0.300 e. The molecular formula is C15H21FN2O. The molecule has 1 aliphatic rings. The van der Waals surface area contributed by atoms with Gasteiger partial charge in [-0.2, -0.15) is 0 Å². The van der Waals surface area contributed by atoms with E-state index in [-0.39, 0.29) is 5.78 Å².